The minimum absolute atomic E-state index is 0.0205. The predicted molar refractivity (Wildman–Crippen MR) is 75.3 cm³/mol. The van der Waals surface area contributed by atoms with Crippen molar-refractivity contribution in [1.82, 2.24) is 4.83 Å². The maximum Gasteiger partial charge on any atom is 0.276 e. The summed E-state index contributed by atoms with van der Waals surface area (Å²) >= 11 is 0. The van der Waals surface area contributed by atoms with Crippen molar-refractivity contribution >= 4 is 15.7 Å². The molecule has 0 saturated heterocycles. The molecule has 0 unspecified atom stereocenters. The van der Waals surface area contributed by atoms with E-state index in [0.717, 1.165) is 6.07 Å². The quantitative estimate of drug-likeness (QED) is 0.697. The second-order valence-electron chi connectivity index (χ2n) is 4.23. The summed E-state index contributed by atoms with van der Waals surface area (Å²) in [6.45, 7) is 1.42. The summed E-state index contributed by atoms with van der Waals surface area (Å²) in [6, 6.07) is 10.6. The first kappa shape index (κ1) is 15.1. The highest BCUT2D eigenvalue weighted by Gasteiger charge is 2.13. The van der Waals surface area contributed by atoms with E-state index in [0.29, 0.717) is 6.07 Å². The SMILES string of the molecule is C/C(=N\NS(=O)(=O)c1ccccc1)c1ccc(F)cc1F. The molecule has 0 aliphatic heterocycles. The molecule has 0 aliphatic carbocycles. The van der Waals surface area contributed by atoms with E-state index in [-0.39, 0.29) is 16.2 Å². The van der Waals surface area contributed by atoms with Crippen molar-refractivity contribution in [2.45, 2.75) is 11.8 Å². The van der Waals surface area contributed by atoms with Crippen molar-refractivity contribution in [3.8, 4) is 0 Å². The van der Waals surface area contributed by atoms with Gasteiger partial charge in [0.2, 0.25) is 0 Å². The van der Waals surface area contributed by atoms with Crippen LogP contribution < -0.4 is 4.83 Å². The Labute approximate surface area is 121 Å². The highest BCUT2D eigenvalue weighted by Crippen LogP contribution is 2.11. The van der Waals surface area contributed by atoms with Gasteiger partial charge in [0.05, 0.1) is 10.6 Å². The number of hydrogen-bond acceptors (Lipinski definition) is 3. The standard InChI is InChI=1S/C14H12F2N2O2S/c1-10(13-8-7-11(15)9-14(13)16)17-18-21(19,20)12-5-3-2-4-6-12/h2-9,18H,1H3/b17-10+. The molecular formula is C14H12F2N2O2S. The first-order chi connectivity index (χ1) is 9.90. The Bertz CT molecular complexity index is 775. The van der Waals surface area contributed by atoms with Gasteiger partial charge in [0.15, 0.2) is 0 Å². The molecule has 0 atom stereocenters. The summed E-state index contributed by atoms with van der Waals surface area (Å²) in [5.74, 6) is -1.52. The zero-order valence-electron chi connectivity index (χ0n) is 11.0. The number of benzene rings is 2. The molecule has 4 nitrogen and oxygen atoms in total. The fourth-order valence-electron chi connectivity index (χ4n) is 1.62. The third kappa shape index (κ3) is 3.63. The van der Waals surface area contributed by atoms with Gasteiger partial charge in [-0.2, -0.15) is 18.4 Å². The van der Waals surface area contributed by atoms with Gasteiger partial charge in [-0.3, -0.25) is 0 Å². The number of sulfonamides is 1. The van der Waals surface area contributed by atoms with Gasteiger partial charge in [-0.25, -0.2) is 8.78 Å². The minimum atomic E-state index is -3.82. The highest BCUT2D eigenvalue weighted by molar-refractivity contribution is 7.89. The predicted octanol–water partition coefficient (Wildman–Crippen LogP) is 2.67. The maximum atomic E-state index is 13.5. The summed E-state index contributed by atoms with van der Waals surface area (Å²) in [5, 5.41) is 3.65. The van der Waals surface area contributed by atoms with E-state index < -0.39 is 21.7 Å². The molecule has 2 aromatic rings. The number of nitrogens with zero attached hydrogens (tertiary/aromatic N) is 1. The lowest BCUT2D eigenvalue weighted by molar-refractivity contribution is 0.579. The van der Waals surface area contributed by atoms with Crippen molar-refractivity contribution in [3.05, 3.63) is 65.7 Å². The van der Waals surface area contributed by atoms with Crippen molar-refractivity contribution in [2.24, 2.45) is 5.10 Å². The van der Waals surface area contributed by atoms with E-state index >= 15 is 0 Å². The van der Waals surface area contributed by atoms with Crippen LogP contribution in [0.1, 0.15) is 12.5 Å². The van der Waals surface area contributed by atoms with Crippen LogP contribution in [0.5, 0.6) is 0 Å². The van der Waals surface area contributed by atoms with E-state index in [1.54, 1.807) is 18.2 Å². The zero-order chi connectivity index (χ0) is 15.5. The number of hydrazone groups is 1. The molecule has 1 N–H and O–H groups in total. The van der Waals surface area contributed by atoms with Crippen molar-refractivity contribution in [3.63, 3.8) is 0 Å². The van der Waals surface area contributed by atoms with Crippen LogP contribution in [0.2, 0.25) is 0 Å². The van der Waals surface area contributed by atoms with Crippen LogP contribution >= 0.6 is 0 Å². The van der Waals surface area contributed by atoms with E-state index in [9.17, 15) is 17.2 Å². The average molecular weight is 310 g/mol. The van der Waals surface area contributed by atoms with E-state index in [2.05, 4.69) is 5.10 Å². The molecule has 0 radical (unpaired) electrons. The van der Waals surface area contributed by atoms with Crippen LogP contribution in [0.4, 0.5) is 8.78 Å². The van der Waals surface area contributed by atoms with Gasteiger partial charge >= 0.3 is 0 Å². The number of rotatable bonds is 4. The van der Waals surface area contributed by atoms with Crippen LogP contribution in [0.15, 0.2) is 58.5 Å². The maximum absolute atomic E-state index is 13.5. The average Bonchev–Trinajstić information content (AvgIpc) is 2.46. The Kier molecular flexibility index (Phi) is 4.32. The first-order valence-electron chi connectivity index (χ1n) is 5.97. The van der Waals surface area contributed by atoms with Crippen molar-refractivity contribution < 1.29 is 17.2 Å². The fourth-order valence-corrected chi connectivity index (χ4v) is 2.50. The lowest BCUT2D eigenvalue weighted by atomic mass is 10.1. The molecule has 0 spiro atoms. The van der Waals surface area contributed by atoms with Gasteiger partial charge in [0.1, 0.15) is 11.6 Å². The largest absolute Gasteiger partial charge is 0.276 e. The van der Waals surface area contributed by atoms with Crippen LogP contribution in [0, 0.1) is 11.6 Å². The molecule has 110 valence electrons. The van der Waals surface area contributed by atoms with Gasteiger partial charge in [0, 0.05) is 11.6 Å². The molecule has 2 aromatic carbocycles. The third-order valence-electron chi connectivity index (χ3n) is 2.71. The molecule has 0 fully saturated rings. The lowest BCUT2D eigenvalue weighted by Crippen LogP contribution is -2.20. The Balaban J connectivity index is 2.24. The molecule has 7 heteroatoms. The van der Waals surface area contributed by atoms with E-state index in [4.69, 9.17) is 0 Å². The van der Waals surface area contributed by atoms with Gasteiger partial charge in [-0.1, -0.05) is 18.2 Å². The normalized spacial score (nSPS) is 12.2. The van der Waals surface area contributed by atoms with E-state index in [1.165, 1.54) is 25.1 Å². The highest BCUT2D eigenvalue weighted by atomic mass is 32.2. The summed E-state index contributed by atoms with van der Waals surface area (Å²) in [5.41, 5.74) is 0.110. The number of halogens is 2. The Hall–Kier alpha value is -2.28. The second-order valence-corrected chi connectivity index (χ2v) is 5.89. The van der Waals surface area contributed by atoms with Crippen molar-refractivity contribution in [1.29, 1.82) is 0 Å². The smallest absolute Gasteiger partial charge is 0.207 e. The van der Waals surface area contributed by atoms with Gasteiger partial charge in [-0.15, -0.1) is 0 Å². The van der Waals surface area contributed by atoms with Crippen LogP contribution in [-0.2, 0) is 10.0 Å². The molecular weight excluding hydrogens is 298 g/mol. The second kappa shape index (κ2) is 6.01. The molecule has 0 heterocycles. The summed E-state index contributed by atoms with van der Waals surface area (Å²) < 4.78 is 50.2. The van der Waals surface area contributed by atoms with Gasteiger partial charge in [-0.05, 0) is 31.2 Å². The number of nitrogens with one attached hydrogen (secondary N) is 1. The molecule has 0 aliphatic rings. The molecule has 0 bridgehead atoms. The molecule has 0 aromatic heterocycles. The third-order valence-corrected chi connectivity index (χ3v) is 3.93. The zero-order valence-corrected chi connectivity index (χ0v) is 11.9. The van der Waals surface area contributed by atoms with Gasteiger partial charge < -0.3 is 0 Å². The van der Waals surface area contributed by atoms with Crippen LogP contribution in [0.25, 0.3) is 0 Å². The topological polar surface area (TPSA) is 58.5 Å². The van der Waals surface area contributed by atoms with E-state index in [1.807, 2.05) is 4.83 Å². The molecule has 0 amide bonds. The number of hydrogen-bond donors (Lipinski definition) is 1. The minimum Gasteiger partial charge on any atom is -0.207 e. The fraction of sp³-hybridized carbons (Fsp3) is 0.0714. The van der Waals surface area contributed by atoms with Gasteiger partial charge in [0.25, 0.3) is 10.0 Å². The summed E-state index contributed by atoms with van der Waals surface area (Å²) in [4.78, 5) is 2.06. The summed E-state index contributed by atoms with van der Waals surface area (Å²) in [7, 11) is -3.82. The Morgan fingerprint density at radius 3 is 2.38 bits per heavy atom. The monoisotopic (exact) mass is 310 g/mol. The molecule has 2 rings (SSSR count). The molecule has 21 heavy (non-hydrogen) atoms. The molecule has 0 saturated carbocycles. The van der Waals surface area contributed by atoms with Crippen molar-refractivity contribution in [2.75, 3.05) is 0 Å². The lowest BCUT2D eigenvalue weighted by Gasteiger charge is -2.06. The summed E-state index contributed by atoms with van der Waals surface area (Å²) in [6.07, 6.45) is 0. The van der Waals surface area contributed by atoms with Crippen LogP contribution in [0.3, 0.4) is 0 Å². The first-order valence-corrected chi connectivity index (χ1v) is 7.45. The van der Waals surface area contributed by atoms with Crippen LogP contribution in [-0.4, -0.2) is 14.1 Å². The Morgan fingerprint density at radius 1 is 1.10 bits per heavy atom. The Morgan fingerprint density at radius 2 is 1.76 bits per heavy atom.